The third kappa shape index (κ3) is 4.55. The molecule has 2 aromatic rings. The first-order chi connectivity index (χ1) is 10.8. The van der Waals surface area contributed by atoms with Crippen LogP contribution < -0.4 is 10.6 Å². The lowest BCUT2D eigenvalue weighted by molar-refractivity contribution is -0.118. The van der Waals surface area contributed by atoms with E-state index in [0.29, 0.717) is 5.69 Å². The summed E-state index contributed by atoms with van der Waals surface area (Å²) in [5.41, 5.74) is 3.04. The van der Waals surface area contributed by atoms with Crippen LogP contribution in [0.2, 0.25) is 0 Å². The van der Waals surface area contributed by atoms with E-state index >= 15 is 0 Å². The second-order valence-electron chi connectivity index (χ2n) is 7.00. The van der Waals surface area contributed by atoms with Gasteiger partial charge in [0.15, 0.2) is 0 Å². The Kier molecular flexibility index (Phi) is 5.04. The number of carbonyl (C=O) groups is 1. The van der Waals surface area contributed by atoms with Gasteiger partial charge in [-0.25, -0.2) is 4.98 Å². The summed E-state index contributed by atoms with van der Waals surface area (Å²) in [4.78, 5) is 16.1. The zero-order valence-electron chi connectivity index (χ0n) is 14.5. The number of pyridine rings is 1. The van der Waals surface area contributed by atoms with Crippen molar-refractivity contribution in [2.45, 2.75) is 40.0 Å². The molecule has 0 spiro atoms. The van der Waals surface area contributed by atoms with Gasteiger partial charge in [0.2, 0.25) is 5.91 Å². The van der Waals surface area contributed by atoms with E-state index in [4.69, 9.17) is 0 Å². The number of rotatable bonds is 4. The summed E-state index contributed by atoms with van der Waals surface area (Å²) < 4.78 is 0. The number of hydrogen-bond donors (Lipinski definition) is 2. The molecule has 122 valence electrons. The average molecular weight is 311 g/mol. The highest BCUT2D eigenvalue weighted by Crippen LogP contribution is 2.30. The van der Waals surface area contributed by atoms with E-state index in [0.717, 1.165) is 11.5 Å². The molecular formula is C19H25N3O. The highest BCUT2D eigenvalue weighted by molar-refractivity contribution is 5.91. The third-order valence-corrected chi connectivity index (χ3v) is 3.55. The molecule has 4 nitrogen and oxygen atoms in total. The van der Waals surface area contributed by atoms with Crippen LogP contribution in [0.5, 0.6) is 0 Å². The zero-order valence-corrected chi connectivity index (χ0v) is 14.5. The molecular weight excluding hydrogens is 286 g/mol. The molecule has 0 saturated carbocycles. The van der Waals surface area contributed by atoms with Crippen molar-refractivity contribution >= 4 is 23.1 Å². The first-order valence-corrected chi connectivity index (χ1v) is 7.91. The van der Waals surface area contributed by atoms with E-state index in [1.807, 2.05) is 38.1 Å². The summed E-state index contributed by atoms with van der Waals surface area (Å²) in [6.45, 7) is 10.3. The predicted molar refractivity (Wildman–Crippen MR) is 96.1 cm³/mol. The molecule has 0 radical (unpaired) electrons. The monoisotopic (exact) mass is 311 g/mol. The molecule has 0 aliphatic carbocycles. The van der Waals surface area contributed by atoms with Gasteiger partial charge in [0.05, 0.1) is 11.9 Å². The number of hydrogen-bond acceptors (Lipinski definition) is 3. The molecule has 0 aliphatic heterocycles. The van der Waals surface area contributed by atoms with Crippen molar-refractivity contribution < 1.29 is 4.79 Å². The van der Waals surface area contributed by atoms with Gasteiger partial charge >= 0.3 is 0 Å². The highest BCUT2D eigenvalue weighted by atomic mass is 16.1. The van der Waals surface area contributed by atoms with Gasteiger partial charge in [-0.05, 0) is 29.2 Å². The number of aromatic nitrogens is 1. The quantitative estimate of drug-likeness (QED) is 0.859. The fourth-order valence-electron chi connectivity index (χ4n) is 2.21. The van der Waals surface area contributed by atoms with Crippen molar-refractivity contribution in [2.75, 3.05) is 10.6 Å². The van der Waals surface area contributed by atoms with Crippen LogP contribution in [-0.2, 0) is 10.2 Å². The molecule has 0 unspecified atom stereocenters. The van der Waals surface area contributed by atoms with E-state index in [2.05, 4.69) is 48.5 Å². The van der Waals surface area contributed by atoms with Gasteiger partial charge in [0, 0.05) is 11.6 Å². The fraction of sp³-hybridized carbons (Fsp3) is 0.368. The Labute approximate surface area is 138 Å². The normalized spacial score (nSPS) is 11.4. The molecule has 2 rings (SSSR count). The summed E-state index contributed by atoms with van der Waals surface area (Å²) in [6, 6.07) is 12.0. The molecule has 0 saturated heterocycles. The van der Waals surface area contributed by atoms with Crippen LogP contribution in [0, 0.1) is 5.92 Å². The molecule has 1 heterocycles. The minimum Gasteiger partial charge on any atom is -0.340 e. The lowest BCUT2D eigenvalue weighted by Gasteiger charge is -2.23. The number of para-hydroxylation sites is 1. The largest absolute Gasteiger partial charge is 0.340 e. The van der Waals surface area contributed by atoms with Crippen molar-refractivity contribution in [2.24, 2.45) is 5.92 Å². The van der Waals surface area contributed by atoms with Crippen LogP contribution >= 0.6 is 0 Å². The minimum absolute atomic E-state index is 0.00872. The average Bonchev–Trinajstić information content (AvgIpc) is 2.48. The second-order valence-corrected chi connectivity index (χ2v) is 7.00. The van der Waals surface area contributed by atoms with E-state index < -0.39 is 0 Å². The molecule has 0 fully saturated rings. The topological polar surface area (TPSA) is 54.0 Å². The molecule has 1 aromatic carbocycles. The summed E-state index contributed by atoms with van der Waals surface area (Å²) in [6.07, 6.45) is 1.67. The van der Waals surface area contributed by atoms with Crippen LogP contribution in [0.15, 0.2) is 42.6 Å². The van der Waals surface area contributed by atoms with Crippen LogP contribution in [0.4, 0.5) is 17.2 Å². The van der Waals surface area contributed by atoms with Gasteiger partial charge in [-0.15, -0.1) is 0 Å². The van der Waals surface area contributed by atoms with E-state index in [1.165, 1.54) is 5.56 Å². The van der Waals surface area contributed by atoms with Gasteiger partial charge in [0.1, 0.15) is 5.82 Å². The summed E-state index contributed by atoms with van der Waals surface area (Å²) >= 11 is 0. The van der Waals surface area contributed by atoms with Crippen molar-refractivity contribution in [3.05, 3.63) is 48.2 Å². The number of amides is 1. The summed E-state index contributed by atoms with van der Waals surface area (Å²) in [7, 11) is 0. The lowest BCUT2D eigenvalue weighted by Crippen LogP contribution is -2.17. The predicted octanol–water partition coefficient (Wildman–Crippen LogP) is 4.72. The Balaban J connectivity index is 2.15. The first kappa shape index (κ1) is 17.0. The van der Waals surface area contributed by atoms with Crippen molar-refractivity contribution in [1.29, 1.82) is 0 Å². The van der Waals surface area contributed by atoms with Gasteiger partial charge in [-0.2, -0.15) is 0 Å². The molecule has 0 atom stereocenters. The maximum absolute atomic E-state index is 11.7. The first-order valence-electron chi connectivity index (χ1n) is 7.91. The molecule has 23 heavy (non-hydrogen) atoms. The molecule has 1 aromatic heterocycles. The number of benzene rings is 1. The van der Waals surface area contributed by atoms with Crippen molar-refractivity contribution in [1.82, 2.24) is 4.98 Å². The van der Waals surface area contributed by atoms with Crippen LogP contribution in [0.3, 0.4) is 0 Å². The molecule has 4 heteroatoms. The Bertz CT molecular complexity index is 670. The Hall–Kier alpha value is -2.36. The van der Waals surface area contributed by atoms with Crippen LogP contribution in [0.25, 0.3) is 0 Å². The van der Waals surface area contributed by atoms with Crippen molar-refractivity contribution in [3.63, 3.8) is 0 Å². The fourth-order valence-corrected chi connectivity index (χ4v) is 2.21. The van der Waals surface area contributed by atoms with E-state index in [1.54, 1.807) is 6.20 Å². The van der Waals surface area contributed by atoms with Gasteiger partial charge in [0.25, 0.3) is 0 Å². The SMILES string of the molecule is CC(C)C(=O)Nc1ccc(Nc2ccccc2C(C)(C)C)nc1. The summed E-state index contributed by atoms with van der Waals surface area (Å²) in [5, 5.41) is 6.20. The minimum atomic E-state index is -0.0496. The van der Waals surface area contributed by atoms with Crippen molar-refractivity contribution in [3.8, 4) is 0 Å². The second kappa shape index (κ2) is 6.82. The van der Waals surface area contributed by atoms with E-state index in [-0.39, 0.29) is 17.2 Å². The maximum atomic E-state index is 11.7. The standard InChI is InChI=1S/C19H25N3O/c1-13(2)18(23)21-14-10-11-17(20-12-14)22-16-9-7-6-8-15(16)19(3,4)5/h6-13H,1-5H3,(H,20,22)(H,21,23). The number of nitrogens with one attached hydrogen (secondary N) is 2. The lowest BCUT2D eigenvalue weighted by atomic mass is 9.86. The van der Waals surface area contributed by atoms with E-state index in [9.17, 15) is 4.79 Å². The molecule has 0 bridgehead atoms. The number of anilines is 3. The Morgan fingerprint density at radius 2 is 1.78 bits per heavy atom. The van der Waals surface area contributed by atoms with Crippen LogP contribution in [-0.4, -0.2) is 10.9 Å². The molecule has 0 aliphatic rings. The number of nitrogens with zero attached hydrogens (tertiary/aromatic N) is 1. The summed E-state index contributed by atoms with van der Waals surface area (Å²) in [5.74, 6) is 0.696. The molecule has 1 amide bonds. The van der Waals surface area contributed by atoms with Gasteiger partial charge in [-0.3, -0.25) is 4.79 Å². The Morgan fingerprint density at radius 1 is 1.09 bits per heavy atom. The van der Waals surface area contributed by atoms with Gasteiger partial charge < -0.3 is 10.6 Å². The van der Waals surface area contributed by atoms with Crippen LogP contribution in [0.1, 0.15) is 40.2 Å². The smallest absolute Gasteiger partial charge is 0.226 e. The zero-order chi connectivity index (χ0) is 17.0. The number of carbonyl (C=O) groups excluding carboxylic acids is 1. The molecule has 2 N–H and O–H groups in total. The Morgan fingerprint density at radius 3 is 2.35 bits per heavy atom. The third-order valence-electron chi connectivity index (χ3n) is 3.55. The van der Waals surface area contributed by atoms with Gasteiger partial charge in [-0.1, -0.05) is 52.8 Å². The maximum Gasteiger partial charge on any atom is 0.226 e. The highest BCUT2D eigenvalue weighted by Gasteiger charge is 2.17.